The number of hydrogen-bond donors (Lipinski definition) is 0. The van der Waals surface area contributed by atoms with Crippen LogP contribution in [0.4, 0.5) is 13.2 Å². The van der Waals surface area contributed by atoms with Crippen molar-refractivity contribution in [3.05, 3.63) is 89.8 Å². The van der Waals surface area contributed by atoms with Gasteiger partial charge >= 0.3 is 0 Å². The average Bonchev–Trinajstić information content (AvgIpc) is 2.82. The Hall–Kier alpha value is -3.05. The van der Waals surface area contributed by atoms with Gasteiger partial charge in [-0.2, -0.15) is 4.39 Å². The fourth-order valence-corrected chi connectivity index (χ4v) is 4.17. The van der Waals surface area contributed by atoms with Gasteiger partial charge in [-0.3, -0.25) is 0 Å². The Labute approximate surface area is 186 Å². The summed E-state index contributed by atoms with van der Waals surface area (Å²) in [5.74, 6) is -2.07. The Balaban J connectivity index is 1.53. The van der Waals surface area contributed by atoms with Crippen LogP contribution < -0.4 is 4.74 Å². The summed E-state index contributed by atoms with van der Waals surface area (Å²) in [4.78, 5) is 0. The van der Waals surface area contributed by atoms with E-state index in [0.717, 1.165) is 18.4 Å². The Kier molecular flexibility index (Phi) is 6.66. The molecule has 3 aromatic rings. The summed E-state index contributed by atoms with van der Waals surface area (Å²) in [7, 11) is 1.28. The van der Waals surface area contributed by atoms with Gasteiger partial charge < -0.3 is 9.47 Å². The van der Waals surface area contributed by atoms with E-state index < -0.39 is 11.6 Å². The number of ether oxygens (including phenoxy) is 2. The number of allylic oxidation sites excluding steroid dienone is 1. The second-order valence-electron chi connectivity index (χ2n) is 7.95. The zero-order chi connectivity index (χ0) is 22.7. The van der Waals surface area contributed by atoms with Crippen molar-refractivity contribution >= 4 is 0 Å². The predicted octanol–water partition coefficient (Wildman–Crippen LogP) is 7.49. The summed E-state index contributed by atoms with van der Waals surface area (Å²) in [6, 6.07) is 14.7. The zero-order valence-electron chi connectivity index (χ0n) is 18.1. The van der Waals surface area contributed by atoms with Gasteiger partial charge in [-0.05, 0) is 54.7 Å². The number of halogens is 3. The highest BCUT2D eigenvalue weighted by Gasteiger charge is 2.22. The first-order valence-corrected chi connectivity index (χ1v) is 10.7. The molecule has 0 radical (unpaired) electrons. The highest BCUT2D eigenvalue weighted by Crippen LogP contribution is 2.35. The molecule has 5 heteroatoms. The van der Waals surface area contributed by atoms with E-state index in [4.69, 9.17) is 9.47 Å². The van der Waals surface area contributed by atoms with Gasteiger partial charge in [0, 0.05) is 17.0 Å². The molecule has 2 atom stereocenters. The monoisotopic (exact) mass is 438 g/mol. The van der Waals surface area contributed by atoms with Crippen LogP contribution in [-0.2, 0) is 4.74 Å². The van der Waals surface area contributed by atoms with Crippen molar-refractivity contribution in [3.8, 4) is 28.0 Å². The fourth-order valence-electron chi connectivity index (χ4n) is 4.17. The summed E-state index contributed by atoms with van der Waals surface area (Å²) in [6.45, 7) is 2.64. The lowest BCUT2D eigenvalue weighted by molar-refractivity contribution is -0.00538. The maximum absolute atomic E-state index is 14.9. The molecule has 0 spiro atoms. The topological polar surface area (TPSA) is 18.5 Å². The van der Waals surface area contributed by atoms with Crippen LogP contribution in [0, 0.1) is 23.4 Å². The van der Waals surface area contributed by atoms with Gasteiger partial charge in [-0.25, -0.2) is 8.78 Å². The van der Waals surface area contributed by atoms with Crippen LogP contribution in [0.25, 0.3) is 22.3 Å². The molecule has 0 aromatic heterocycles. The molecule has 0 saturated carbocycles. The van der Waals surface area contributed by atoms with Gasteiger partial charge in [0.05, 0.1) is 19.8 Å². The van der Waals surface area contributed by atoms with Crippen molar-refractivity contribution in [2.75, 3.05) is 13.7 Å². The maximum Gasteiger partial charge on any atom is 0.201 e. The molecule has 1 fully saturated rings. The van der Waals surface area contributed by atoms with Gasteiger partial charge in [0.1, 0.15) is 5.82 Å². The van der Waals surface area contributed by atoms with E-state index in [1.807, 2.05) is 19.1 Å². The van der Waals surface area contributed by atoms with Crippen LogP contribution in [0.15, 0.2) is 66.7 Å². The van der Waals surface area contributed by atoms with Crippen molar-refractivity contribution in [1.82, 2.24) is 0 Å². The Morgan fingerprint density at radius 3 is 2.16 bits per heavy atom. The molecule has 1 aliphatic rings. The minimum Gasteiger partial charge on any atom is -0.494 e. The highest BCUT2D eigenvalue weighted by molar-refractivity contribution is 5.71. The van der Waals surface area contributed by atoms with E-state index in [2.05, 4.69) is 6.08 Å². The summed E-state index contributed by atoms with van der Waals surface area (Å²) in [5.41, 5.74) is 2.55. The average molecular weight is 438 g/mol. The van der Waals surface area contributed by atoms with E-state index in [1.54, 1.807) is 30.3 Å². The largest absolute Gasteiger partial charge is 0.494 e. The molecule has 2 unspecified atom stereocenters. The quantitative estimate of drug-likeness (QED) is 0.384. The third-order valence-electron chi connectivity index (χ3n) is 5.91. The SMILES string of the molecule is CC=CC1CCC(c2ccc(-c3ccc(-c4ccc(OC)c(F)c4F)cc3)c(F)c2)OC1. The molecule has 166 valence electrons. The molecule has 4 rings (SSSR count). The Morgan fingerprint density at radius 2 is 1.56 bits per heavy atom. The van der Waals surface area contributed by atoms with Gasteiger partial charge in [0.15, 0.2) is 11.6 Å². The molecular formula is C27H25F3O2. The minimum absolute atomic E-state index is 0.102. The molecule has 3 aromatic carbocycles. The molecule has 0 aliphatic carbocycles. The number of hydrogen-bond acceptors (Lipinski definition) is 2. The number of benzene rings is 3. The first kappa shape index (κ1) is 22.2. The lowest BCUT2D eigenvalue weighted by Crippen LogP contribution is -2.19. The molecule has 0 amide bonds. The first-order valence-electron chi connectivity index (χ1n) is 10.7. The van der Waals surface area contributed by atoms with Crippen LogP contribution in [0.3, 0.4) is 0 Å². The highest BCUT2D eigenvalue weighted by atomic mass is 19.2. The minimum atomic E-state index is -1.03. The van der Waals surface area contributed by atoms with Crippen LogP contribution in [-0.4, -0.2) is 13.7 Å². The standard InChI is InChI=1S/C27H25F3O2/c1-3-4-17-5-13-24(32-16-17)20-10-11-21(23(28)15-20)18-6-8-19(9-7-18)22-12-14-25(31-2)27(30)26(22)29/h3-4,6-12,14-15,17,24H,5,13,16H2,1-2H3. The van der Waals surface area contributed by atoms with Gasteiger partial charge in [0.2, 0.25) is 5.82 Å². The van der Waals surface area contributed by atoms with Crippen LogP contribution in [0.2, 0.25) is 0 Å². The summed E-state index contributed by atoms with van der Waals surface area (Å²) >= 11 is 0. The number of methoxy groups -OCH3 is 1. The normalized spacial score (nSPS) is 18.8. The summed E-state index contributed by atoms with van der Waals surface area (Å²) < 4.78 is 54.1. The molecule has 32 heavy (non-hydrogen) atoms. The molecule has 0 N–H and O–H groups in total. The first-order chi connectivity index (χ1) is 15.5. The number of rotatable bonds is 5. The third kappa shape index (κ3) is 4.44. The Morgan fingerprint density at radius 1 is 0.875 bits per heavy atom. The van der Waals surface area contributed by atoms with E-state index in [-0.39, 0.29) is 23.2 Å². The molecular weight excluding hydrogens is 413 g/mol. The van der Waals surface area contributed by atoms with Crippen LogP contribution >= 0.6 is 0 Å². The van der Waals surface area contributed by atoms with E-state index in [9.17, 15) is 13.2 Å². The van der Waals surface area contributed by atoms with Crippen LogP contribution in [0.1, 0.15) is 31.4 Å². The van der Waals surface area contributed by atoms with Gasteiger partial charge in [0.25, 0.3) is 0 Å². The third-order valence-corrected chi connectivity index (χ3v) is 5.91. The lowest BCUT2D eigenvalue weighted by Gasteiger charge is -2.28. The predicted molar refractivity (Wildman–Crippen MR) is 120 cm³/mol. The molecule has 1 heterocycles. The van der Waals surface area contributed by atoms with Gasteiger partial charge in [-0.1, -0.05) is 48.6 Å². The molecule has 2 nitrogen and oxygen atoms in total. The van der Waals surface area contributed by atoms with Crippen molar-refractivity contribution in [1.29, 1.82) is 0 Å². The lowest BCUT2D eigenvalue weighted by atomic mass is 9.93. The molecule has 1 aliphatic heterocycles. The van der Waals surface area contributed by atoms with E-state index in [1.165, 1.54) is 25.3 Å². The molecule has 1 saturated heterocycles. The zero-order valence-corrected chi connectivity index (χ0v) is 18.1. The van der Waals surface area contributed by atoms with Crippen molar-refractivity contribution in [3.63, 3.8) is 0 Å². The van der Waals surface area contributed by atoms with Crippen molar-refractivity contribution < 1.29 is 22.6 Å². The Bertz CT molecular complexity index is 1110. The maximum atomic E-state index is 14.9. The molecule has 0 bridgehead atoms. The van der Waals surface area contributed by atoms with Crippen LogP contribution in [0.5, 0.6) is 5.75 Å². The van der Waals surface area contributed by atoms with Gasteiger partial charge in [-0.15, -0.1) is 0 Å². The van der Waals surface area contributed by atoms with E-state index in [0.29, 0.717) is 29.2 Å². The van der Waals surface area contributed by atoms with Crippen molar-refractivity contribution in [2.24, 2.45) is 5.92 Å². The summed E-state index contributed by atoms with van der Waals surface area (Å²) in [6.07, 6.45) is 5.95. The second kappa shape index (κ2) is 9.61. The fraction of sp³-hybridized carbons (Fsp3) is 0.259. The van der Waals surface area contributed by atoms with Crippen molar-refractivity contribution in [2.45, 2.75) is 25.9 Å². The van der Waals surface area contributed by atoms with E-state index >= 15 is 0 Å². The second-order valence-corrected chi connectivity index (χ2v) is 7.95. The summed E-state index contributed by atoms with van der Waals surface area (Å²) in [5, 5.41) is 0. The smallest absolute Gasteiger partial charge is 0.201 e.